The van der Waals surface area contributed by atoms with Crippen LogP contribution in [0, 0.1) is 11.7 Å². The third-order valence-electron chi connectivity index (χ3n) is 2.29. The van der Waals surface area contributed by atoms with Crippen LogP contribution in [0.25, 0.3) is 0 Å². The molecule has 0 saturated heterocycles. The highest BCUT2D eigenvalue weighted by molar-refractivity contribution is 7.99. The van der Waals surface area contributed by atoms with Crippen molar-refractivity contribution in [2.24, 2.45) is 5.92 Å². The van der Waals surface area contributed by atoms with Gasteiger partial charge >= 0.3 is 5.97 Å². The number of aromatic carboxylic acids is 1. The Morgan fingerprint density at radius 2 is 2.18 bits per heavy atom. The summed E-state index contributed by atoms with van der Waals surface area (Å²) < 4.78 is 13.5. The number of halogens is 1. The van der Waals surface area contributed by atoms with Gasteiger partial charge in [0.05, 0.1) is 5.56 Å². The normalized spacial score (nSPS) is 10.8. The SMILES string of the molecule is CC(C)CCSc1cc(C(=O)O)c(N)cc1F. The summed E-state index contributed by atoms with van der Waals surface area (Å²) in [6.07, 6.45) is 0.955. The molecule has 1 aromatic rings. The fraction of sp³-hybridized carbons (Fsp3) is 0.417. The molecule has 5 heteroatoms. The lowest BCUT2D eigenvalue weighted by Crippen LogP contribution is -2.04. The van der Waals surface area contributed by atoms with Crippen LogP contribution in [0.15, 0.2) is 17.0 Å². The molecule has 3 nitrogen and oxygen atoms in total. The maximum Gasteiger partial charge on any atom is 0.337 e. The highest BCUT2D eigenvalue weighted by Crippen LogP contribution is 2.27. The van der Waals surface area contributed by atoms with Crippen molar-refractivity contribution in [3.05, 3.63) is 23.5 Å². The molecule has 0 aliphatic rings. The number of benzene rings is 1. The van der Waals surface area contributed by atoms with Crippen LogP contribution in [0.5, 0.6) is 0 Å². The van der Waals surface area contributed by atoms with Gasteiger partial charge in [0.25, 0.3) is 0 Å². The zero-order valence-electron chi connectivity index (χ0n) is 9.87. The predicted octanol–water partition coefficient (Wildman–Crippen LogP) is 3.24. The number of carboxylic acid groups (broad SMARTS) is 1. The Bertz CT molecular complexity index is 421. The molecule has 0 atom stereocenters. The van der Waals surface area contributed by atoms with Gasteiger partial charge in [0.1, 0.15) is 5.82 Å². The summed E-state index contributed by atoms with van der Waals surface area (Å²) in [6.45, 7) is 4.17. The van der Waals surface area contributed by atoms with E-state index in [0.29, 0.717) is 10.8 Å². The number of carboxylic acids is 1. The van der Waals surface area contributed by atoms with E-state index >= 15 is 0 Å². The third-order valence-corrected chi connectivity index (χ3v) is 3.35. The standard InChI is InChI=1S/C12H16FNO2S/c1-7(2)3-4-17-11-5-8(12(15)16)10(14)6-9(11)13/h5-7H,3-4,14H2,1-2H3,(H,15,16). The number of thioether (sulfide) groups is 1. The number of hydrogen-bond acceptors (Lipinski definition) is 3. The second kappa shape index (κ2) is 5.91. The van der Waals surface area contributed by atoms with Crippen molar-refractivity contribution in [1.82, 2.24) is 0 Å². The molecule has 17 heavy (non-hydrogen) atoms. The zero-order chi connectivity index (χ0) is 13.0. The largest absolute Gasteiger partial charge is 0.478 e. The molecule has 0 bridgehead atoms. The Hall–Kier alpha value is -1.23. The van der Waals surface area contributed by atoms with Crippen LogP contribution in [0.2, 0.25) is 0 Å². The number of nitrogens with two attached hydrogens (primary N) is 1. The van der Waals surface area contributed by atoms with E-state index in [2.05, 4.69) is 13.8 Å². The summed E-state index contributed by atoms with van der Waals surface area (Å²) in [5, 5.41) is 8.88. The Labute approximate surface area is 104 Å². The Morgan fingerprint density at radius 3 is 2.71 bits per heavy atom. The van der Waals surface area contributed by atoms with E-state index in [9.17, 15) is 9.18 Å². The van der Waals surface area contributed by atoms with Crippen molar-refractivity contribution < 1.29 is 14.3 Å². The van der Waals surface area contributed by atoms with E-state index in [1.165, 1.54) is 17.8 Å². The van der Waals surface area contributed by atoms with Gasteiger partial charge in [-0.05, 0) is 30.2 Å². The Morgan fingerprint density at radius 1 is 1.53 bits per heavy atom. The molecule has 0 unspecified atom stereocenters. The van der Waals surface area contributed by atoms with Gasteiger partial charge in [-0.25, -0.2) is 9.18 Å². The molecule has 0 heterocycles. The molecule has 3 N–H and O–H groups in total. The average molecular weight is 257 g/mol. The van der Waals surface area contributed by atoms with Crippen molar-refractivity contribution in [2.45, 2.75) is 25.2 Å². The lowest BCUT2D eigenvalue weighted by atomic mass is 10.2. The summed E-state index contributed by atoms with van der Waals surface area (Å²) >= 11 is 1.32. The molecule has 1 aromatic carbocycles. The van der Waals surface area contributed by atoms with Crippen LogP contribution in [-0.4, -0.2) is 16.8 Å². The molecular formula is C12H16FNO2S. The van der Waals surface area contributed by atoms with Crippen LogP contribution in [0.4, 0.5) is 10.1 Å². The minimum absolute atomic E-state index is 0.0387. The molecule has 0 aliphatic carbocycles. The van der Waals surface area contributed by atoms with Crippen molar-refractivity contribution >= 4 is 23.4 Å². The van der Waals surface area contributed by atoms with Crippen molar-refractivity contribution in [1.29, 1.82) is 0 Å². The molecule has 0 radical (unpaired) electrons. The van der Waals surface area contributed by atoms with Gasteiger partial charge < -0.3 is 10.8 Å². The number of carbonyl (C=O) groups is 1. The highest BCUT2D eigenvalue weighted by Gasteiger charge is 2.13. The quantitative estimate of drug-likeness (QED) is 0.628. The topological polar surface area (TPSA) is 63.3 Å². The predicted molar refractivity (Wildman–Crippen MR) is 68.0 cm³/mol. The van der Waals surface area contributed by atoms with Gasteiger partial charge in [0.15, 0.2) is 0 Å². The van der Waals surface area contributed by atoms with E-state index in [1.54, 1.807) is 0 Å². The average Bonchev–Trinajstić information content (AvgIpc) is 2.20. The fourth-order valence-electron chi connectivity index (χ4n) is 1.27. The van der Waals surface area contributed by atoms with Crippen LogP contribution in [-0.2, 0) is 0 Å². The summed E-state index contributed by atoms with van der Waals surface area (Å²) in [5.41, 5.74) is 5.36. The molecule has 1 rings (SSSR count). The van der Waals surface area contributed by atoms with Crippen LogP contribution >= 0.6 is 11.8 Å². The van der Waals surface area contributed by atoms with E-state index < -0.39 is 11.8 Å². The maximum atomic E-state index is 13.5. The van der Waals surface area contributed by atoms with E-state index in [1.807, 2.05) is 0 Å². The monoisotopic (exact) mass is 257 g/mol. The van der Waals surface area contributed by atoms with E-state index in [4.69, 9.17) is 10.8 Å². The van der Waals surface area contributed by atoms with Crippen LogP contribution in [0.3, 0.4) is 0 Å². The zero-order valence-corrected chi connectivity index (χ0v) is 10.7. The number of anilines is 1. The fourth-order valence-corrected chi connectivity index (χ4v) is 2.48. The van der Waals surface area contributed by atoms with E-state index in [0.717, 1.165) is 18.2 Å². The second-order valence-corrected chi connectivity index (χ2v) is 5.34. The molecule has 0 spiro atoms. The molecule has 94 valence electrons. The van der Waals surface area contributed by atoms with Gasteiger partial charge in [-0.2, -0.15) is 0 Å². The summed E-state index contributed by atoms with van der Waals surface area (Å²) in [5.74, 6) is -0.287. The summed E-state index contributed by atoms with van der Waals surface area (Å²) in [7, 11) is 0. The van der Waals surface area contributed by atoms with Crippen LogP contribution in [0.1, 0.15) is 30.6 Å². The lowest BCUT2D eigenvalue weighted by molar-refractivity contribution is 0.0697. The lowest BCUT2D eigenvalue weighted by Gasteiger charge is -2.08. The highest BCUT2D eigenvalue weighted by atomic mass is 32.2. The van der Waals surface area contributed by atoms with Gasteiger partial charge in [-0.15, -0.1) is 11.8 Å². The van der Waals surface area contributed by atoms with Crippen LogP contribution < -0.4 is 5.73 Å². The first-order chi connectivity index (χ1) is 7.91. The Kier molecular flexibility index (Phi) is 4.81. The van der Waals surface area contributed by atoms with E-state index in [-0.39, 0.29) is 11.3 Å². The first-order valence-corrected chi connectivity index (χ1v) is 6.35. The molecule has 0 aromatic heterocycles. The number of nitrogen functional groups attached to an aromatic ring is 1. The minimum atomic E-state index is -1.13. The molecular weight excluding hydrogens is 241 g/mol. The van der Waals surface area contributed by atoms with Gasteiger partial charge in [0.2, 0.25) is 0 Å². The first kappa shape index (κ1) is 13.8. The van der Waals surface area contributed by atoms with Crippen molar-refractivity contribution in [3.8, 4) is 0 Å². The summed E-state index contributed by atoms with van der Waals surface area (Å²) in [6, 6.07) is 2.37. The molecule has 0 amide bonds. The first-order valence-electron chi connectivity index (χ1n) is 5.37. The second-order valence-electron chi connectivity index (χ2n) is 4.21. The number of rotatable bonds is 5. The van der Waals surface area contributed by atoms with Crippen molar-refractivity contribution in [3.63, 3.8) is 0 Å². The number of hydrogen-bond donors (Lipinski definition) is 2. The molecule has 0 aliphatic heterocycles. The minimum Gasteiger partial charge on any atom is -0.478 e. The molecule has 0 saturated carbocycles. The summed E-state index contributed by atoms with van der Waals surface area (Å²) in [4.78, 5) is 11.2. The van der Waals surface area contributed by atoms with Gasteiger partial charge in [-0.1, -0.05) is 13.8 Å². The molecule has 0 fully saturated rings. The van der Waals surface area contributed by atoms with Gasteiger partial charge in [-0.3, -0.25) is 0 Å². The smallest absolute Gasteiger partial charge is 0.337 e. The van der Waals surface area contributed by atoms with Crippen molar-refractivity contribution in [2.75, 3.05) is 11.5 Å². The third kappa shape index (κ3) is 3.93. The van der Waals surface area contributed by atoms with Gasteiger partial charge in [0, 0.05) is 10.6 Å². The maximum absolute atomic E-state index is 13.5. The Balaban J connectivity index is 2.84.